The molecule has 0 saturated heterocycles. The molecule has 0 atom stereocenters. The van der Waals surface area contributed by atoms with Crippen LogP contribution in [0.2, 0.25) is 0 Å². The van der Waals surface area contributed by atoms with Crippen LogP contribution in [0, 0.1) is 11.3 Å². The first-order chi connectivity index (χ1) is 13.8. The monoisotopic (exact) mass is 367 g/mol. The number of nitrogens with zero attached hydrogens (tertiary/aromatic N) is 5. The Morgan fingerprint density at radius 1 is 1.07 bits per heavy atom. The van der Waals surface area contributed by atoms with Crippen molar-refractivity contribution in [1.29, 1.82) is 5.26 Å². The summed E-state index contributed by atoms with van der Waals surface area (Å²) in [5.74, 6) is 0.647. The van der Waals surface area contributed by atoms with E-state index in [0.717, 1.165) is 35.3 Å². The maximum absolute atomic E-state index is 9.36. The van der Waals surface area contributed by atoms with E-state index in [9.17, 15) is 5.26 Å². The lowest BCUT2D eigenvalue weighted by Crippen LogP contribution is -2.07. The van der Waals surface area contributed by atoms with Gasteiger partial charge in [-0.25, -0.2) is 4.98 Å². The molecule has 0 amide bonds. The van der Waals surface area contributed by atoms with E-state index in [0.29, 0.717) is 23.2 Å². The van der Waals surface area contributed by atoms with Crippen LogP contribution in [0.1, 0.15) is 18.5 Å². The van der Waals surface area contributed by atoms with Crippen LogP contribution in [0.5, 0.6) is 0 Å². The lowest BCUT2D eigenvalue weighted by atomic mass is 10.1. The summed E-state index contributed by atoms with van der Waals surface area (Å²) in [6, 6.07) is 16.6. The number of nitrogens with one attached hydrogen (secondary N) is 2. The molecular weight excluding hydrogens is 350 g/mol. The number of benzene rings is 1. The van der Waals surface area contributed by atoms with Crippen molar-refractivity contribution >= 4 is 22.8 Å². The number of rotatable bonds is 5. The first-order valence-corrected chi connectivity index (χ1v) is 9.13. The molecule has 28 heavy (non-hydrogen) atoms. The SMILES string of the molecule is N#Cc1cnc2c(NC3CC3)cc(Nc3cccc(-c4cccnc4)c3)nn12. The summed E-state index contributed by atoms with van der Waals surface area (Å²) < 4.78 is 1.58. The van der Waals surface area contributed by atoms with Crippen LogP contribution in [0.15, 0.2) is 61.1 Å². The van der Waals surface area contributed by atoms with Gasteiger partial charge in [0.2, 0.25) is 0 Å². The van der Waals surface area contributed by atoms with Gasteiger partial charge in [-0.2, -0.15) is 9.78 Å². The van der Waals surface area contributed by atoms with Crippen LogP contribution >= 0.6 is 0 Å². The Morgan fingerprint density at radius 3 is 2.75 bits per heavy atom. The molecule has 0 bridgehead atoms. The minimum Gasteiger partial charge on any atom is -0.379 e. The number of hydrogen-bond acceptors (Lipinski definition) is 6. The zero-order chi connectivity index (χ0) is 18.9. The van der Waals surface area contributed by atoms with Crippen molar-refractivity contribution in [2.24, 2.45) is 0 Å². The first-order valence-electron chi connectivity index (χ1n) is 9.13. The Kier molecular flexibility index (Phi) is 3.87. The fourth-order valence-corrected chi connectivity index (χ4v) is 3.12. The molecule has 1 fully saturated rings. The van der Waals surface area contributed by atoms with Gasteiger partial charge < -0.3 is 10.6 Å². The van der Waals surface area contributed by atoms with Gasteiger partial charge in [-0.3, -0.25) is 4.98 Å². The molecule has 2 N–H and O–H groups in total. The predicted octanol–water partition coefficient (Wildman–Crippen LogP) is 3.98. The van der Waals surface area contributed by atoms with Gasteiger partial charge in [0.05, 0.1) is 11.9 Å². The standard InChI is InChI=1S/C21H17N7/c22-11-18-13-24-21-19(25-16-6-7-16)10-20(27-28(18)21)26-17-5-1-3-14(9-17)15-4-2-8-23-12-15/h1-5,8-10,12-13,16,25H,6-7H2,(H,26,27). The Balaban J connectivity index is 1.52. The van der Waals surface area contributed by atoms with Crippen LogP contribution in [-0.2, 0) is 0 Å². The fourth-order valence-electron chi connectivity index (χ4n) is 3.12. The topological polar surface area (TPSA) is 90.9 Å². The molecule has 0 aliphatic heterocycles. The van der Waals surface area contributed by atoms with Crippen LogP contribution in [0.3, 0.4) is 0 Å². The van der Waals surface area contributed by atoms with E-state index in [4.69, 9.17) is 0 Å². The average Bonchev–Trinajstić information content (AvgIpc) is 3.45. The molecule has 1 aromatic carbocycles. The zero-order valence-electron chi connectivity index (χ0n) is 15.0. The lowest BCUT2D eigenvalue weighted by Gasteiger charge is -2.12. The number of imidazole rings is 1. The molecule has 3 heterocycles. The molecule has 1 aliphatic carbocycles. The number of anilines is 3. The maximum atomic E-state index is 9.36. The summed E-state index contributed by atoms with van der Waals surface area (Å²) in [5.41, 5.74) is 4.97. The highest BCUT2D eigenvalue weighted by Gasteiger charge is 2.23. The second-order valence-electron chi connectivity index (χ2n) is 6.80. The number of hydrogen-bond donors (Lipinski definition) is 2. The Hall–Kier alpha value is -3.92. The van der Waals surface area contributed by atoms with Gasteiger partial charge in [0, 0.05) is 35.8 Å². The number of aromatic nitrogens is 4. The van der Waals surface area contributed by atoms with Gasteiger partial charge in [-0.15, -0.1) is 5.10 Å². The molecule has 3 aromatic heterocycles. The van der Waals surface area contributed by atoms with Crippen LogP contribution in [0.25, 0.3) is 16.8 Å². The highest BCUT2D eigenvalue weighted by Crippen LogP contribution is 2.30. The van der Waals surface area contributed by atoms with Crippen molar-refractivity contribution in [2.45, 2.75) is 18.9 Å². The van der Waals surface area contributed by atoms with Gasteiger partial charge in [0.1, 0.15) is 6.07 Å². The molecule has 1 aliphatic rings. The maximum Gasteiger partial charge on any atom is 0.178 e. The molecule has 136 valence electrons. The van der Waals surface area contributed by atoms with Gasteiger partial charge in [-0.05, 0) is 36.6 Å². The molecule has 1 saturated carbocycles. The van der Waals surface area contributed by atoms with Crippen molar-refractivity contribution < 1.29 is 0 Å². The summed E-state index contributed by atoms with van der Waals surface area (Å²) >= 11 is 0. The molecule has 0 spiro atoms. The smallest absolute Gasteiger partial charge is 0.178 e. The van der Waals surface area contributed by atoms with E-state index in [1.165, 1.54) is 0 Å². The third-order valence-electron chi connectivity index (χ3n) is 4.65. The molecule has 5 rings (SSSR count). The van der Waals surface area contributed by atoms with E-state index < -0.39 is 0 Å². The minimum absolute atomic E-state index is 0.404. The van der Waals surface area contributed by atoms with Crippen molar-refractivity contribution in [3.05, 3.63) is 66.7 Å². The van der Waals surface area contributed by atoms with Crippen molar-refractivity contribution in [3.63, 3.8) is 0 Å². The zero-order valence-corrected chi connectivity index (χ0v) is 15.0. The summed E-state index contributed by atoms with van der Waals surface area (Å²) in [4.78, 5) is 8.54. The average molecular weight is 367 g/mol. The highest BCUT2D eigenvalue weighted by molar-refractivity contribution is 5.75. The summed E-state index contributed by atoms with van der Waals surface area (Å²) in [7, 11) is 0. The first kappa shape index (κ1) is 16.3. The summed E-state index contributed by atoms with van der Waals surface area (Å²) in [5, 5.41) is 20.7. The molecule has 7 heteroatoms. The Labute approximate surface area is 161 Å². The van der Waals surface area contributed by atoms with E-state index in [1.807, 2.05) is 42.6 Å². The quantitative estimate of drug-likeness (QED) is 0.554. The normalized spacial score (nSPS) is 13.2. The second kappa shape index (κ2) is 6.67. The largest absolute Gasteiger partial charge is 0.379 e. The van der Waals surface area contributed by atoms with Crippen LogP contribution < -0.4 is 10.6 Å². The lowest BCUT2D eigenvalue weighted by molar-refractivity contribution is 0.924. The van der Waals surface area contributed by atoms with Crippen molar-refractivity contribution in [3.8, 4) is 17.2 Å². The highest BCUT2D eigenvalue weighted by atomic mass is 15.3. The fraction of sp³-hybridized carbons (Fsp3) is 0.143. The molecule has 7 nitrogen and oxygen atoms in total. The predicted molar refractivity (Wildman–Crippen MR) is 107 cm³/mol. The summed E-state index contributed by atoms with van der Waals surface area (Å²) in [6.45, 7) is 0. The van der Waals surface area contributed by atoms with Crippen LogP contribution in [-0.4, -0.2) is 25.6 Å². The molecule has 0 radical (unpaired) electrons. The van der Waals surface area contributed by atoms with Crippen molar-refractivity contribution in [1.82, 2.24) is 19.6 Å². The van der Waals surface area contributed by atoms with Gasteiger partial charge in [0.15, 0.2) is 17.2 Å². The third-order valence-corrected chi connectivity index (χ3v) is 4.65. The second-order valence-corrected chi connectivity index (χ2v) is 6.80. The number of nitriles is 1. The molecule has 4 aromatic rings. The van der Waals surface area contributed by atoms with E-state index in [2.05, 4.69) is 37.8 Å². The van der Waals surface area contributed by atoms with E-state index >= 15 is 0 Å². The van der Waals surface area contributed by atoms with Gasteiger partial charge >= 0.3 is 0 Å². The number of pyridine rings is 1. The van der Waals surface area contributed by atoms with E-state index in [1.54, 1.807) is 16.9 Å². The number of fused-ring (bicyclic) bond motifs is 1. The van der Waals surface area contributed by atoms with Crippen molar-refractivity contribution in [2.75, 3.05) is 10.6 Å². The summed E-state index contributed by atoms with van der Waals surface area (Å²) in [6.07, 6.45) is 7.45. The van der Waals surface area contributed by atoms with Crippen LogP contribution in [0.4, 0.5) is 17.2 Å². The third kappa shape index (κ3) is 3.12. The van der Waals surface area contributed by atoms with Gasteiger partial charge in [0.25, 0.3) is 0 Å². The Bertz CT molecular complexity index is 1190. The molecule has 0 unspecified atom stereocenters. The minimum atomic E-state index is 0.404. The molecular formula is C21H17N7. The van der Waals surface area contributed by atoms with E-state index in [-0.39, 0.29) is 0 Å². The van der Waals surface area contributed by atoms with Gasteiger partial charge in [-0.1, -0.05) is 18.2 Å². The Morgan fingerprint density at radius 2 is 1.96 bits per heavy atom.